The van der Waals surface area contributed by atoms with Gasteiger partial charge in [-0.25, -0.2) is 8.78 Å². The summed E-state index contributed by atoms with van der Waals surface area (Å²) >= 11 is 0. The van der Waals surface area contributed by atoms with Gasteiger partial charge in [0.25, 0.3) is 5.91 Å². The second kappa shape index (κ2) is 5.57. The topological polar surface area (TPSA) is 63.2 Å². The Morgan fingerprint density at radius 1 is 1.00 bits per heavy atom. The first-order valence-electron chi connectivity index (χ1n) is 5.60. The summed E-state index contributed by atoms with van der Waals surface area (Å²) < 4.78 is 61.4. The standard InChI is InChI=1S/C13H8F3NO3S/c14-9-5-3-4-8(12(9)15)13(18)17-10-6-1-2-7-11(10)21(16,19)20/h1-7H,(H,17,18). The van der Waals surface area contributed by atoms with Crippen LogP contribution in [0.1, 0.15) is 10.4 Å². The molecule has 8 heteroatoms. The minimum Gasteiger partial charge on any atom is -0.321 e. The first kappa shape index (κ1) is 15.0. The molecule has 110 valence electrons. The SMILES string of the molecule is O=C(Nc1ccccc1S(=O)(=O)F)c1cccc(F)c1F. The highest BCUT2D eigenvalue weighted by Gasteiger charge is 2.20. The molecule has 0 fully saturated rings. The van der Waals surface area contributed by atoms with Crippen LogP contribution in [0.4, 0.5) is 18.4 Å². The summed E-state index contributed by atoms with van der Waals surface area (Å²) in [5.41, 5.74) is -0.991. The number of hydrogen-bond donors (Lipinski definition) is 1. The van der Waals surface area contributed by atoms with Crippen LogP contribution < -0.4 is 5.32 Å². The maximum atomic E-state index is 13.5. The largest absolute Gasteiger partial charge is 0.334 e. The van der Waals surface area contributed by atoms with E-state index in [1.54, 1.807) is 0 Å². The predicted octanol–water partition coefficient (Wildman–Crippen LogP) is 2.88. The summed E-state index contributed by atoms with van der Waals surface area (Å²) in [6.45, 7) is 0. The first-order valence-corrected chi connectivity index (χ1v) is 6.98. The third-order valence-electron chi connectivity index (χ3n) is 2.59. The van der Waals surface area contributed by atoms with Crippen molar-refractivity contribution in [3.05, 3.63) is 59.7 Å². The van der Waals surface area contributed by atoms with Crippen molar-refractivity contribution in [2.24, 2.45) is 0 Å². The molecule has 0 aromatic heterocycles. The van der Waals surface area contributed by atoms with Crippen LogP contribution in [0, 0.1) is 11.6 Å². The number of nitrogens with one attached hydrogen (secondary N) is 1. The van der Waals surface area contributed by atoms with Gasteiger partial charge in [-0.15, -0.1) is 3.89 Å². The van der Waals surface area contributed by atoms with Crippen LogP contribution in [0.25, 0.3) is 0 Å². The molecular formula is C13H8F3NO3S. The molecular weight excluding hydrogens is 307 g/mol. The lowest BCUT2D eigenvalue weighted by atomic mass is 10.2. The van der Waals surface area contributed by atoms with Crippen molar-refractivity contribution >= 4 is 21.8 Å². The van der Waals surface area contributed by atoms with Gasteiger partial charge in [-0.2, -0.15) is 8.42 Å². The fourth-order valence-electron chi connectivity index (χ4n) is 1.65. The van der Waals surface area contributed by atoms with E-state index in [2.05, 4.69) is 0 Å². The highest BCUT2D eigenvalue weighted by molar-refractivity contribution is 7.86. The molecule has 0 unspecified atom stereocenters. The molecule has 4 nitrogen and oxygen atoms in total. The molecule has 21 heavy (non-hydrogen) atoms. The van der Waals surface area contributed by atoms with Gasteiger partial charge in [0, 0.05) is 0 Å². The lowest BCUT2D eigenvalue weighted by molar-refractivity contribution is 0.102. The van der Waals surface area contributed by atoms with Crippen molar-refractivity contribution in [1.29, 1.82) is 0 Å². The molecule has 2 rings (SSSR count). The number of halogens is 3. The second-order valence-corrected chi connectivity index (χ2v) is 5.31. The number of amides is 1. The highest BCUT2D eigenvalue weighted by Crippen LogP contribution is 2.23. The van der Waals surface area contributed by atoms with E-state index in [-0.39, 0.29) is 5.69 Å². The van der Waals surface area contributed by atoms with Crippen LogP contribution in [0.3, 0.4) is 0 Å². The summed E-state index contributed by atoms with van der Waals surface area (Å²) in [4.78, 5) is 11.1. The van der Waals surface area contributed by atoms with E-state index in [0.717, 1.165) is 30.3 Å². The fourth-order valence-corrected chi connectivity index (χ4v) is 2.27. The van der Waals surface area contributed by atoms with Crippen LogP contribution in [0.15, 0.2) is 47.4 Å². The number of carbonyl (C=O) groups excluding carboxylic acids is 1. The molecule has 0 bridgehead atoms. The Morgan fingerprint density at radius 2 is 1.67 bits per heavy atom. The van der Waals surface area contributed by atoms with Crippen LogP contribution in [0.5, 0.6) is 0 Å². The van der Waals surface area contributed by atoms with E-state index in [4.69, 9.17) is 0 Å². The molecule has 1 N–H and O–H groups in total. The maximum Gasteiger partial charge on any atom is 0.334 e. The van der Waals surface area contributed by atoms with Crippen LogP contribution >= 0.6 is 0 Å². The Balaban J connectivity index is 2.40. The third kappa shape index (κ3) is 3.22. The maximum absolute atomic E-state index is 13.5. The summed E-state index contributed by atoms with van der Waals surface area (Å²) in [7, 11) is -5.06. The van der Waals surface area contributed by atoms with E-state index in [0.29, 0.717) is 0 Å². The van der Waals surface area contributed by atoms with Crippen LogP contribution in [0.2, 0.25) is 0 Å². The molecule has 0 aliphatic heterocycles. The zero-order valence-corrected chi connectivity index (χ0v) is 11.1. The Kier molecular flexibility index (Phi) is 3.99. The molecule has 0 heterocycles. The average molecular weight is 315 g/mol. The van der Waals surface area contributed by atoms with Crippen molar-refractivity contribution in [2.45, 2.75) is 4.90 Å². The fraction of sp³-hybridized carbons (Fsp3) is 0. The number of anilines is 1. The van der Waals surface area contributed by atoms with E-state index in [1.165, 1.54) is 12.1 Å². The zero-order chi connectivity index (χ0) is 15.6. The summed E-state index contributed by atoms with van der Waals surface area (Å²) in [5, 5.41) is 2.04. The van der Waals surface area contributed by atoms with E-state index in [9.17, 15) is 25.9 Å². The molecule has 0 radical (unpaired) electrons. The van der Waals surface area contributed by atoms with Crippen molar-refractivity contribution in [1.82, 2.24) is 0 Å². The minimum atomic E-state index is -5.06. The number of rotatable bonds is 3. The molecule has 0 aliphatic rings. The third-order valence-corrected chi connectivity index (χ3v) is 3.48. The van der Waals surface area contributed by atoms with Gasteiger partial charge in [-0.3, -0.25) is 4.79 Å². The summed E-state index contributed by atoms with van der Waals surface area (Å²) in [6.07, 6.45) is 0. The van der Waals surface area contributed by atoms with Gasteiger partial charge in [0.05, 0.1) is 11.3 Å². The number of carbonyl (C=O) groups is 1. The van der Waals surface area contributed by atoms with Crippen molar-refractivity contribution < 1.29 is 25.9 Å². The van der Waals surface area contributed by atoms with Crippen molar-refractivity contribution in [3.63, 3.8) is 0 Å². The van der Waals surface area contributed by atoms with Gasteiger partial charge in [0.1, 0.15) is 4.90 Å². The van der Waals surface area contributed by atoms with E-state index in [1.807, 2.05) is 5.32 Å². The Bertz CT molecular complexity index is 806. The van der Waals surface area contributed by atoms with Gasteiger partial charge >= 0.3 is 10.2 Å². The highest BCUT2D eigenvalue weighted by atomic mass is 32.3. The molecule has 0 spiro atoms. The molecule has 0 saturated carbocycles. The van der Waals surface area contributed by atoms with E-state index < -0.39 is 38.2 Å². The Labute approximate surface area is 118 Å². The van der Waals surface area contributed by atoms with E-state index >= 15 is 0 Å². The van der Waals surface area contributed by atoms with Gasteiger partial charge in [0.15, 0.2) is 11.6 Å². The zero-order valence-electron chi connectivity index (χ0n) is 10.3. The van der Waals surface area contributed by atoms with Gasteiger partial charge in [-0.1, -0.05) is 18.2 Å². The Morgan fingerprint density at radius 3 is 2.33 bits per heavy atom. The summed E-state index contributed by atoms with van der Waals surface area (Å²) in [5.74, 6) is -3.70. The van der Waals surface area contributed by atoms with Crippen molar-refractivity contribution in [2.75, 3.05) is 5.32 Å². The van der Waals surface area contributed by atoms with Gasteiger partial charge < -0.3 is 5.32 Å². The normalized spacial score (nSPS) is 11.2. The van der Waals surface area contributed by atoms with Gasteiger partial charge in [-0.05, 0) is 24.3 Å². The molecule has 1 amide bonds. The first-order chi connectivity index (χ1) is 9.80. The second-order valence-electron chi connectivity index (χ2n) is 3.99. The summed E-state index contributed by atoms with van der Waals surface area (Å²) in [6, 6.07) is 7.63. The predicted molar refractivity (Wildman–Crippen MR) is 69.0 cm³/mol. The molecule has 0 saturated heterocycles. The lowest BCUT2D eigenvalue weighted by Gasteiger charge is -2.09. The lowest BCUT2D eigenvalue weighted by Crippen LogP contribution is -2.16. The number of benzene rings is 2. The molecule has 2 aromatic rings. The molecule has 0 aliphatic carbocycles. The molecule has 2 aromatic carbocycles. The quantitative estimate of drug-likeness (QED) is 0.886. The minimum absolute atomic E-state index is 0.367. The smallest absolute Gasteiger partial charge is 0.321 e. The number of para-hydroxylation sites is 1. The number of hydrogen-bond acceptors (Lipinski definition) is 3. The monoisotopic (exact) mass is 315 g/mol. The van der Waals surface area contributed by atoms with Crippen molar-refractivity contribution in [3.8, 4) is 0 Å². The van der Waals surface area contributed by atoms with Crippen LogP contribution in [-0.4, -0.2) is 14.3 Å². The Hall–Kier alpha value is -2.35. The average Bonchev–Trinajstić information content (AvgIpc) is 2.41. The molecule has 0 atom stereocenters. The van der Waals surface area contributed by atoms with Gasteiger partial charge in [0.2, 0.25) is 0 Å². The van der Waals surface area contributed by atoms with Crippen LogP contribution in [-0.2, 0) is 10.2 Å².